The normalized spacial score (nSPS) is 12.0. The number of benzene rings is 1. The van der Waals surface area contributed by atoms with Crippen molar-refractivity contribution in [2.24, 2.45) is 0 Å². The second-order valence-corrected chi connectivity index (χ2v) is 16.0. The van der Waals surface area contributed by atoms with Crippen molar-refractivity contribution in [2.45, 2.75) is 76.7 Å². The standard InChI is InChI=1S/C33H39N7O7S2/c1-18(2)49(43,44)21-13-10-19(11-14-21)25-27(29(41)45-32(3,4)5)38-28(39-31(42)46-33(6,7)8)26(37-25)24-16-23(40-47-24)22-15-12-20(17-35-22)36-30(48)34-9/h10-18H,1-9H3,(H2,34,36,48)(H,38,39,42). The van der Waals surface area contributed by atoms with E-state index in [1.54, 1.807) is 86.8 Å². The van der Waals surface area contributed by atoms with Crippen molar-refractivity contribution in [1.82, 2.24) is 25.4 Å². The summed E-state index contributed by atoms with van der Waals surface area (Å²) in [4.78, 5) is 40.3. The monoisotopic (exact) mass is 709 g/mol. The highest BCUT2D eigenvalue weighted by Gasteiger charge is 2.29. The number of sulfone groups is 1. The Balaban J connectivity index is 1.89. The Morgan fingerprint density at radius 1 is 0.878 bits per heavy atom. The van der Waals surface area contributed by atoms with Gasteiger partial charge in [0, 0.05) is 18.7 Å². The van der Waals surface area contributed by atoms with Gasteiger partial charge in [-0.2, -0.15) is 0 Å². The molecule has 49 heavy (non-hydrogen) atoms. The van der Waals surface area contributed by atoms with Gasteiger partial charge in [-0.1, -0.05) is 17.3 Å². The molecule has 4 aromatic rings. The molecule has 0 saturated heterocycles. The second-order valence-electron chi connectivity index (χ2n) is 13.1. The molecule has 0 aliphatic carbocycles. The largest absolute Gasteiger partial charge is 0.455 e. The van der Waals surface area contributed by atoms with Crippen LogP contribution in [0.3, 0.4) is 0 Å². The molecule has 4 rings (SSSR count). The minimum absolute atomic E-state index is 0.00320. The molecule has 0 spiro atoms. The summed E-state index contributed by atoms with van der Waals surface area (Å²) in [5, 5.41) is 12.3. The average molecular weight is 710 g/mol. The van der Waals surface area contributed by atoms with Crippen LogP contribution in [-0.4, -0.2) is 69.2 Å². The van der Waals surface area contributed by atoms with Gasteiger partial charge in [0.15, 0.2) is 37.9 Å². The van der Waals surface area contributed by atoms with Crippen molar-refractivity contribution in [2.75, 3.05) is 17.7 Å². The smallest absolute Gasteiger partial charge is 0.413 e. The minimum atomic E-state index is -3.58. The van der Waals surface area contributed by atoms with E-state index in [-0.39, 0.29) is 33.6 Å². The molecule has 0 saturated carbocycles. The maximum atomic E-state index is 13.6. The van der Waals surface area contributed by atoms with Crippen molar-refractivity contribution in [1.29, 1.82) is 0 Å². The lowest BCUT2D eigenvalue weighted by molar-refractivity contribution is 0.00630. The van der Waals surface area contributed by atoms with E-state index in [2.05, 4.69) is 31.1 Å². The number of rotatable bonds is 8. The zero-order chi connectivity index (χ0) is 36.3. The van der Waals surface area contributed by atoms with Crippen molar-refractivity contribution in [3.63, 3.8) is 0 Å². The number of hydrogen-bond donors (Lipinski definition) is 3. The third-order valence-electron chi connectivity index (χ3n) is 6.44. The number of esters is 1. The number of carbonyl (C=O) groups is 2. The third kappa shape index (κ3) is 9.35. The third-order valence-corrected chi connectivity index (χ3v) is 8.92. The van der Waals surface area contributed by atoms with Crippen LogP contribution < -0.4 is 16.0 Å². The fraction of sp³-hybridized carbons (Fsp3) is 0.364. The van der Waals surface area contributed by atoms with Gasteiger partial charge in [-0.05, 0) is 91.9 Å². The number of anilines is 2. The number of amides is 1. The van der Waals surface area contributed by atoms with Gasteiger partial charge in [-0.25, -0.2) is 28.0 Å². The maximum Gasteiger partial charge on any atom is 0.413 e. The van der Waals surface area contributed by atoms with Crippen LogP contribution >= 0.6 is 12.2 Å². The number of hydrogen-bond acceptors (Lipinski definition) is 12. The van der Waals surface area contributed by atoms with E-state index in [0.29, 0.717) is 27.8 Å². The quantitative estimate of drug-likeness (QED) is 0.137. The fourth-order valence-corrected chi connectivity index (χ4v) is 5.34. The molecule has 0 aliphatic heterocycles. The molecular weight excluding hydrogens is 671 g/mol. The number of pyridine rings is 1. The van der Waals surface area contributed by atoms with E-state index in [1.165, 1.54) is 24.3 Å². The summed E-state index contributed by atoms with van der Waals surface area (Å²) in [6.07, 6.45) is 0.706. The Hall–Kier alpha value is -4.96. The number of nitrogens with zero attached hydrogens (tertiary/aromatic N) is 4. The van der Waals surface area contributed by atoms with Crippen LogP contribution in [-0.2, 0) is 19.3 Å². The predicted octanol–water partition coefficient (Wildman–Crippen LogP) is 6.26. The Labute approximate surface area is 290 Å². The van der Waals surface area contributed by atoms with Gasteiger partial charge in [0.1, 0.15) is 22.6 Å². The summed E-state index contributed by atoms with van der Waals surface area (Å²) in [6, 6.07) is 10.9. The Bertz CT molecular complexity index is 1960. The van der Waals surface area contributed by atoms with Gasteiger partial charge in [0.2, 0.25) is 0 Å². The highest BCUT2D eigenvalue weighted by molar-refractivity contribution is 7.92. The van der Waals surface area contributed by atoms with Gasteiger partial charge >= 0.3 is 12.1 Å². The molecule has 0 radical (unpaired) electrons. The Morgan fingerprint density at radius 2 is 1.53 bits per heavy atom. The van der Waals surface area contributed by atoms with Gasteiger partial charge < -0.3 is 24.6 Å². The van der Waals surface area contributed by atoms with E-state index >= 15 is 0 Å². The lowest BCUT2D eigenvalue weighted by Gasteiger charge is -2.22. The number of aromatic nitrogens is 4. The molecule has 16 heteroatoms. The first kappa shape index (κ1) is 36.9. The molecule has 0 unspecified atom stereocenters. The van der Waals surface area contributed by atoms with E-state index in [1.807, 2.05) is 0 Å². The zero-order valence-electron chi connectivity index (χ0n) is 28.7. The molecule has 0 aliphatic rings. The first-order chi connectivity index (χ1) is 22.8. The summed E-state index contributed by atoms with van der Waals surface area (Å²) < 4.78 is 42.4. The SMILES string of the molecule is CNC(=S)Nc1ccc(-c2cc(-c3nc(-c4ccc(S(=O)(=O)C(C)C)cc4)c(C(=O)OC(C)(C)C)nc3NC(=O)OC(C)(C)C)on2)nc1. The molecule has 3 N–H and O–H groups in total. The minimum Gasteiger partial charge on any atom is -0.455 e. The molecule has 3 heterocycles. The average Bonchev–Trinajstić information content (AvgIpc) is 3.49. The summed E-state index contributed by atoms with van der Waals surface area (Å²) in [7, 11) is -1.88. The molecule has 0 bridgehead atoms. The van der Waals surface area contributed by atoms with E-state index in [0.717, 1.165) is 0 Å². The van der Waals surface area contributed by atoms with E-state index in [4.69, 9.17) is 31.2 Å². The number of carbonyl (C=O) groups excluding carboxylic acids is 2. The lowest BCUT2D eigenvalue weighted by atomic mass is 10.1. The van der Waals surface area contributed by atoms with E-state index in [9.17, 15) is 18.0 Å². The van der Waals surface area contributed by atoms with Crippen LogP contribution in [0.4, 0.5) is 16.3 Å². The van der Waals surface area contributed by atoms with E-state index < -0.39 is 38.4 Å². The second kappa shape index (κ2) is 14.3. The van der Waals surface area contributed by atoms with Crippen molar-refractivity contribution in [3.05, 3.63) is 54.4 Å². The van der Waals surface area contributed by atoms with Crippen molar-refractivity contribution >= 4 is 50.7 Å². The first-order valence-corrected chi connectivity index (χ1v) is 17.1. The molecule has 3 aromatic heterocycles. The summed E-state index contributed by atoms with van der Waals surface area (Å²) in [5.41, 5.74) is -0.162. The molecule has 1 amide bonds. The maximum absolute atomic E-state index is 13.6. The summed E-state index contributed by atoms with van der Waals surface area (Å²) in [6.45, 7) is 13.3. The van der Waals surface area contributed by atoms with Gasteiger partial charge in [0.05, 0.1) is 27.7 Å². The van der Waals surface area contributed by atoms with Gasteiger partial charge in [-0.3, -0.25) is 10.3 Å². The highest BCUT2D eigenvalue weighted by Crippen LogP contribution is 2.34. The van der Waals surface area contributed by atoms with Crippen molar-refractivity contribution in [3.8, 4) is 34.1 Å². The molecule has 0 fully saturated rings. The molecule has 260 valence electrons. The Morgan fingerprint density at radius 3 is 2.08 bits per heavy atom. The van der Waals surface area contributed by atoms with Gasteiger partial charge in [0.25, 0.3) is 0 Å². The van der Waals surface area contributed by atoms with Crippen LogP contribution in [0.1, 0.15) is 65.9 Å². The predicted molar refractivity (Wildman–Crippen MR) is 189 cm³/mol. The van der Waals surface area contributed by atoms with Crippen LogP contribution in [0.15, 0.2) is 58.1 Å². The zero-order valence-corrected chi connectivity index (χ0v) is 30.3. The highest BCUT2D eigenvalue weighted by atomic mass is 32.2. The molecule has 0 atom stereocenters. The summed E-state index contributed by atoms with van der Waals surface area (Å²) >= 11 is 5.14. The number of ether oxygens (including phenoxy) is 2. The molecule has 14 nitrogen and oxygen atoms in total. The van der Waals surface area contributed by atoms with Crippen LogP contribution in [0.25, 0.3) is 34.1 Å². The number of nitrogens with one attached hydrogen (secondary N) is 3. The van der Waals surface area contributed by atoms with Crippen LogP contribution in [0.2, 0.25) is 0 Å². The van der Waals surface area contributed by atoms with Crippen LogP contribution in [0.5, 0.6) is 0 Å². The topological polar surface area (TPSA) is 188 Å². The Kier molecular flexibility index (Phi) is 10.7. The van der Waals surface area contributed by atoms with Gasteiger partial charge in [-0.15, -0.1) is 0 Å². The van der Waals surface area contributed by atoms with Crippen LogP contribution in [0, 0.1) is 0 Å². The molecule has 1 aromatic carbocycles. The van der Waals surface area contributed by atoms with Crippen molar-refractivity contribution < 1.29 is 32.0 Å². The first-order valence-electron chi connectivity index (χ1n) is 15.2. The number of thiocarbonyl (C=S) groups is 1. The fourth-order valence-electron chi connectivity index (χ4n) is 4.16. The summed E-state index contributed by atoms with van der Waals surface area (Å²) in [5.74, 6) is -0.930. The lowest BCUT2D eigenvalue weighted by Crippen LogP contribution is -2.29. The molecular formula is C33H39N7O7S2.